The van der Waals surface area contributed by atoms with E-state index in [0.717, 1.165) is 76.0 Å². The molecule has 4 N–H and O–H groups in total. The third-order valence-electron chi connectivity index (χ3n) is 9.27. The van der Waals surface area contributed by atoms with Crippen LogP contribution in [0.4, 0.5) is 0 Å². The zero-order valence-corrected chi connectivity index (χ0v) is 31.2. The normalized spacial score (nSPS) is 15.8. The van der Waals surface area contributed by atoms with E-state index in [0.29, 0.717) is 13.1 Å². The molecule has 49 heavy (non-hydrogen) atoms. The largest absolute Gasteiger partial charge is 0.388 e. The van der Waals surface area contributed by atoms with Crippen LogP contribution in [0, 0.1) is 0 Å². The average molecular weight is 659 g/mol. The summed E-state index contributed by atoms with van der Waals surface area (Å²) in [4.78, 5) is 7.30. The van der Waals surface area contributed by atoms with Crippen molar-refractivity contribution < 1.29 is 0 Å². The minimum absolute atomic E-state index is 0.00518. The Labute approximate surface area is 296 Å². The van der Waals surface area contributed by atoms with E-state index in [1.807, 2.05) is 33.0 Å². The smallest absolute Gasteiger partial charge is 0.125 e. The molecule has 0 spiro atoms. The van der Waals surface area contributed by atoms with Gasteiger partial charge in [0, 0.05) is 55.5 Å². The van der Waals surface area contributed by atoms with Gasteiger partial charge in [-0.05, 0) is 123 Å². The maximum absolute atomic E-state index is 5.05. The molecule has 0 fully saturated rings. The van der Waals surface area contributed by atoms with E-state index in [1.54, 1.807) is 0 Å². The molecule has 2 aliphatic rings. The van der Waals surface area contributed by atoms with Crippen molar-refractivity contribution in [2.45, 2.75) is 73.4 Å². The lowest BCUT2D eigenvalue weighted by Crippen LogP contribution is -2.38. The lowest BCUT2D eigenvalue weighted by Gasteiger charge is -2.32. The second-order valence-electron chi connectivity index (χ2n) is 12.7. The van der Waals surface area contributed by atoms with Gasteiger partial charge in [0.15, 0.2) is 0 Å². The number of aliphatic imine (C=N–C) groups is 1. The van der Waals surface area contributed by atoms with Crippen molar-refractivity contribution in [3.8, 4) is 0 Å². The highest BCUT2D eigenvalue weighted by Gasteiger charge is 2.22. The highest BCUT2D eigenvalue weighted by atomic mass is 15.2. The van der Waals surface area contributed by atoms with E-state index in [9.17, 15) is 0 Å². The summed E-state index contributed by atoms with van der Waals surface area (Å²) in [5, 5.41) is 13.9. The average Bonchev–Trinajstić information content (AvgIpc) is 3.34. The fraction of sp³-hybridized carbons (Fsp3) is 0.349. The fourth-order valence-corrected chi connectivity index (χ4v) is 5.98. The first-order valence-electron chi connectivity index (χ1n) is 17.4. The van der Waals surface area contributed by atoms with Crippen LogP contribution in [0.1, 0.15) is 77.6 Å². The van der Waals surface area contributed by atoms with Gasteiger partial charge in [0.05, 0.1) is 11.8 Å². The standard InChI is InChI=1S/C43H58N6/c1-14-19-40-25-39(34(10)44-13)22-23-41(40)35(11)47-31(7)32(8)48-42(15-2)49(16-3)36(12)33(9)45-26-37-20-17-18-21-38(24-37)27-46-43-29(5)28(4)30(43)6/h15,18,20-25,35-36,44-47H,4-5,7,9-10,14,16,19,26-27H2,1-3,6,8,11-13H3/b42-15-,48-32+. The SMILES string of the molecule is C=C1C(=C)C(NCC2=CC=C=CC(CNC(=C)C(C)N(CC)C(=C\C)/N=C(\C)C(=C)NC(C)c3ccc(C(=C)NC)cc3CCC)=C2)=C1C. The Morgan fingerprint density at radius 3 is 2.43 bits per heavy atom. The maximum Gasteiger partial charge on any atom is 0.125 e. The molecule has 0 bridgehead atoms. The first-order chi connectivity index (χ1) is 23.4. The predicted molar refractivity (Wildman–Crippen MR) is 213 cm³/mol. The molecule has 2 atom stereocenters. The molecule has 1 aromatic carbocycles. The Bertz CT molecular complexity index is 1700. The van der Waals surface area contributed by atoms with E-state index >= 15 is 0 Å². The lowest BCUT2D eigenvalue weighted by atomic mass is 9.85. The van der Waals surface area contributed by atoms with E-state index in [2.05, 4.69) is 136 Å². The molecule has 0 heterocycles. The molecule has 6 heteroatoms. The molecule has 2 aliphatic carbocycles. The zero-order chi connectivity index (χ0) is 36.2. The van der Waals surface area contributed by atoms with Gasteiger partial charge in [0.2, 0.25) is 0 Å². The molecular weight excluding hydrogens is 601 g/mol. The topological polar surface area (TPSA) is 63.7 Å². The number of hydrogen-bond acceptors (Lipinski definition) is 6. The zero-order valence-electron chi connectivity index (χ0n) is 31.2. The third kappa shape index (κ3) is 9.81. The third-order valence-corrected chi connectivity index (χ3v) is 9.27. The van der Waals surface area contributed by atoms with Gasteiger partial charge in [-0.25, -0.2) is 4.99 Å². The maximum atomic E-state index is 5.05. The molecule has 2 unspecified atom stereocenters. The summed E-state index contributed by atoms with van der Waals surface area (Å²) in [7, 11) is 1.90. The van der Waals surface area contributed by atoms with Crippen molar-refractivity contribution in [1.82, 2.24) is 26.2 Å². The molecule has 260 valence electrons. The molecule has 0 radical (unpaired) electrons. The second kappa shape index (κ2) is 18.0. The van der Waals surface area contributed by atoms with Gasteiger partial charge in [-0.3, -0.25) is 0 Å². The summed E-state index contributed by atoms with van der Waals surface area (Å²) < 4.78 is 0. The molecule has 0 aliphatic heterocycles. The summed E-state index contributed by atoms with van der Waals surface area (Å²) in [6.07, 6.45) is 12.4. The summed E-state index contributed by atoms with van der Waals surface area (Å²) in [6, 6.07) is 6.65. The van der Waals surface area contributed by atoms with Gasteiger partial charge >= 0.3 is 0 Å². The van der Waals surface area contributed by atoms with Crippen molar-refractivity contribution in [2.24, 2.45) is 4.99 Å². The molecule has 0 aromatic heterocycles. The van der Waals surface area contributed by atoms with Crippen LogP contribution < -0.4 is 21.3 Å². The minimum atomic E-state index is 0.00518. The van der Waals surface area contributed by atoms with E-state index in [-0.39, 0.29) is 12.1 Å². The quantitative estimate of drug-likeness (QED) is 0.0885. The van der Waals surface area contributed by atoms with Crippen LogP contribution >= 0.6 is 0 Å². The number of hydrogen-bond donors (Lipinski definition) is 4. The summed E-state index contributed by atoms with van der Waals surface area (Å²) in [6.45, 7) is 38.0. The van der Waals surface area contributed by atoms with Crippen LogP contribution in [-0.4, -0.2) is 43.3 Å². The summed E-state index contributed by atoms with van der Waals surface area (Å²) >= 11 is 0. The number of nitrogens with zero attached hydrogens (tertiary/aromatic N) is 2. The van der Waals surface area contributed by atoms with Gasteiger partial charge in [0.25, 0.3) is 0 Å². The fourth-order valence-electron chi connectivity index (χ4n) is 5.98. The van der Waals surface area contributed by atoms with Gasteiger partial charge in [0.1, 0.15) is 5.82 Å². The molecule has 1 aromatic rings. The van der Waals surface area contributed by atoms with Crippen LogP contribution in [0.3, 0.4) is 0 Å². The van der Waals surface area contributed by atoms with Crippen molar-refractivity contribution in [2.75, 3.05) is 26.7 Å². The van der Waals surface area contributed by atoms with Gasteiger partial charge in [-0.2, -0.15) is 0 Å². The van der Waals surface area contributed by atoms with Crippen LogP contribution in [0.2, 0.25) is 0 Å². The molecular formula is C43H58N6. The number of benzene rings is 1. The van der Waals surface area contributed by atoms with Crippen LogP contribution in [0.25, 0.3) is 5.70 Å². The number of allylic oxidation sites excluding steroid dienone is 5. The van der Waals surface area contributed by atoms with Gasteiger partial charge in [-0.1, -0.05) is 64.4 Å². The predicted octanol–water partition coefficient (Wildman–Crippen LogP) is 8.70. The second-order valence-corrected chi connectivity index (χ2v) is 12.7. The highest BCUT2D eigenvalue weighted by Crippen LogP contribution is 2.35. The number of rotatable bonds is 19. The van der Waals surface area contributed by atoms with Crippen molar-refractivity contribution in [1.29, 1.82) is 0 Å². The first-order valence-corrected chi connectivity index (χ1v) is 17.4. The highest BCUT2D eigenvalue weighted by molar-refractivity contribution is 5.97. The monoisotopic (exact) mass is 658 g/mol. The molecule has 6 nitrogen and oxygen atoms in total. The van der Waals surface area contributed by atoms with Crippen molar-refractivity contribution in [3.63, 3.8) is 0 Å². The number of nitrogens with one attached hydrogen (secondary N) is 4. The Balaban J connectivity index is 1.64. The number of likely N-dealkylation sites (N-methyl/N-ethyl adjacent to an activating group) is 1. The summed E-state index contributed by atoms with van der Waals surface area (Å²) in [5.74, 6) is 0.880. The molecule has 0 amide bonds. The Morgan fingerprint density at radius 2 is 1.80 bits per heavy atom. The minimum Gasteiger partial charge on any atom is -0.388 e. The van der Waals surface area contributed by atoms with E-state index < -0.39 is 0 Å². The van der Waals surface area contributed by atoms with E-state index in [1.165, 1.54) is 22.3 Å². The first kappa shape index (κ1) is 38.5. The van der Waals surface area contributed by atoms with Gasteiger partial charge < -0.3 is 26.2 Å². The lowest BCUT2D eigenvalue weighted by molar-refractivity contribution is 0.300. The molecule has 3 rings (SSSR count). The van der Waals surface area contributed by atoms with Gasteiger partial charge in [-0.15, -0.1) is 5.73 Å². The van der Waals surface area contributed by atoms with Crippen molar-refractivity contribution in [3.05, 3.63) is 155 Å². The van der Waals surface area contributed by atoms with Crippen molar-refractivity contribution >= 4 is 11.4 Å². The van der Waals surface area contributed by atoms with E-state index in [4.69, 9.17) is 4.99 Å². The Morgan fingerprint density at radius 1 is 1.06 bits per heavy atom. The number of aryl methyl sites for hydroxylation is 1. The Kier molecular flexibility index (Phi) is 14.2. The Hall–Kier alpha value is -4.93. The summed E-state index contributed by atoms with van der Waals surface area (Å²) in [5.41, 5.74) is 17.0. The van der Waals surface area contributed by atoms with Crippen LogP contribution in [-0.2, 0) is 6.42 Å². The van der Waals surface area contributed by atoms with Crippen LogP contribution in [0.15, 0.2) is 143 Å². The molecule has 0 saturated carbocycles. The molecule has 0 saturated heterocycles. The van der Waals surface area contributed by atoms with Crippen LogP contribution in [0.5, 0.6) is 0 Å².